The average Bonchev–Trinajstić information content (AvgIpc) is 2.98. The number of hydrogen-bond donors (Lipinski definition) is 3. The van der Waals surface area contributed by atoms with Crippen LogP contribution in [0, 0.1) is 6.92 Å². The molecule has 4 nitrogen and oxygen atoms in total. The number of rotatable bonds is 3. The van der Waals surface area contributed by atoms with Crippen LogP contribution in [-0.4, -0.2) is 12.2 Å². The van der Waals surface area contributed by atoms with Crippen molar-refractivity contribution in [1.82, 2.24) is 10.9 Å². The molecule has 0 amide bonds. The molecular weight excluding hydrogens is 264 g/mol. The molecule has 0 radical (unpaired) electrons. The molecular formula is C17H20N2O2. The van der Waals surface area contributed by atoms with Crippen LogP contribution in [0.1, 0.15) is 35.2 Å². The molecule has 110 valence electrons. The average molecular weight is 284 g/mol. The van der Waals surface area contributed by atoms with E-state index in [-0.39, 0.29) is 12.1 Å². The highest BCUT2D eigenvalue weighted by Gasteiger charge is 2.28. The van der Waals surface area contributed by atoms with Gasteiger partial charge >= 0.3 is 0 Å². The zero-order valence-electron chi connectivity index (χ0n) is 12.3. The molecule has 2 aromatic carbocycles. The summed E-state index contributed by atoms with van der Waals surface area (Å²) in [5.41, 5.74) is 9.93. The standard InChI is InChI=1S/C17H20N2O2/c1-11-3-5-12(6-4-11)15-10-16(19-18-15)14-9-13(21-2)7-8-17(14)20/h3-9,15-16,18-20H,10H2,1-2H3. The van der Waals surface area contributed by atoms with Gasteiger partial charge < -0.3 is 9.84 Å². The largest absolute Gasteiger partial charge is 0.508 e. The van der Waals surface area contributed by atoms with Crippen molar-refractivity contribution >= 4 is 0 Å². The lowest BCUT2D eigenvalue weighted by atomic mass is 9.96. The third-order valence-electron chi connectivity index (χ3n) is 3.99. The first-order chi connectivity index (χ1) is 10.2. The number of hydrazine groups is 1. The lowest BCUT2D eigenvalue weighted by Crippen LogP contribution is -2.26. The van der Waals surface area contributed by atoms with E-state index in [0.717, 1.165) is 17.7 Å². The van der Waals surface area contributed by atoms with Crippen LogP contribution in [0.2, 0.25) is 0 Å². The number of methoxy groups -OCH3 is 1. The maximum atomic E-state index is 10.1. The van der Waals surface area contributed by atoms with Crippen LogP contribution in [-0.2, 0) is 0 Å². The molecule has 0 aromatic heterocycles. The summed E-state index contributed by atoms with van der Waals surface area (Å²) in [7, 11) is 1.63. The summed E-state index contributed by atoms with van der Waals surface area (Å²) >= 11 is 0. The topological polar surface area (TPSA) is 53.5 Å². The summed E-state index contributed by atoms with van der Waals surface area (Å²) in [5, 5.41) is 10.1. The first-order valence-electron chi connectivity index (χ1n) is 7.12. The molecule has 1 fully saturated rings. The van der Waals surface area contributed by atoms with Crippen LogP contribution in [0.3, 0.4) is 0 Å². The fourth-order valence-electron chi connectivity index (χ4n) is 2.72. The molecule has 0 bridgehead atoms. The third kappa shape index (κ3) is 2.86. The van der Waals surface area contributed by atoms with Crippen LogP contribution in [0.5, 0.6) is 11.5 Å². The monoisotopic (exact) mass is 284 g/mol. The van der Waals surface area contributed by atoms with Crippen molar-refractivity contribution in [3.05, 3.63) is 59.2 Å². The van der Waals surface area contributed by atoms with Gasteiger partial charge in [-0.1, -0.05) is 29.8 Å². The fraction of sp³-hybridized carbons (Fsp3) is 0.294. The zero-order valence-corrected chi connectivity index (χ0v) is 12.3. The van der Waals surface area contributed by atoms with Gasteiger partial charge in [-0.15, -0.1) is 0 Å². The predicted molar refractivity (Wildman–Crippen MR) is 82.2 cm³/mol. The van der Waals surface area contributed by atoms with E-state index in [0.29, 0.717) is 5.75 Å². The van der Waals surface area contributed by atoms with Crippen molar-refractivity contribution < 1.29 is 9.84 Å². The van der Waals surface area contributed by atoms with E-state index in [1.54, 1.807) is 19.2 Å². The Morgan fingerprint density at radius 1 is 1.05 bits per heavy atom. The number of ether oxygens (including phenoxy) is 1. The van der Waals surface area contributed by atoms with Crippen molar-refractivity contribution in [3.8, 4) is 11.5 Å². The van der Waals surface area contributed by atoms with E-state index < -0.39 is 0 Å². The lowest BCUT2D eigenvalue weighted by Gasteiger charge is -2.13. The Kier molecular flexibility index (Phi) is 3.82. The van der Waals surface area contributed by atoms with Gasteiger partial charge in [0.15, 0.2) is 0 Å². The molecule has 2 unspecified atom stereocenters. The Hall–Kier alpha value is -2.04. The van der Waals surface area contributed by atoms with Crippen molar-refractivity contribution in [3.63, 3.8) is 0 Å². The maximum Gasteiger partial charge on any atom is 0.120 e. The maximum absolute atomic E-state index is 10.1. The lowest BCUT2D eigenvalue weighted by molar-refractivity contribution is 0.407. The van der Waals surface area contributed by atoms with E-state index in [9.17, 15) is 5.11 Å². The molecule has 0 spiro atoms. The summed E-state index contributed by atoms with van der Waals surface area (Å²) in [5.74, 6) is 1.04. The molecule has 1 saturated heterocycles. The number of aromatic hydroxyl groups is 1. The number of benzene rings is 2. The minimum atomic E-state index is 0.0615. The van der Waals surface area contributed by atoms with Gasteiger partial charge in [0.2, 0.25) is 0 Å². The van der Waals surface area contributed by atoms with Crippen LogP contribution in [0.15, 0.2) is 42.5 Å². The quantitative estimate of drug-likeness (QED) is 0.811. The number of phenolic OH excluding ortho intramolecular Hbond substituents is 1. The Bertz CT molecular complexity index is 625. The molecule has 1 aliphatic rings. The Morgan fingerprint density at radius 2 is 1.76 bits per heavy atom. The first-order valence-corrected chi connectivity index (χ1v) is 7.12. The van der Waals surface area contributed by atoms with E-state index >= 15 is 0 Å². The molecule has 3 rings (SSSR count). The molecule has 21 heavy (non-hydrogen) atoms. The minimum absolute atomic E-state index is 0.0615. The minimum Gasteiger partial charge on any atom is -0.508 e. The van der Waals surface area contributed by atoms with E-state index in [1.165, 1.54) is 11.1 Å². The highest BCUT2D eigenvalue weighted by Crippen LogP contribution is 2.36. The third-order valence-corrected chi connectivity index (χ3v) is 3.99. The second-order valence-electron chi connectivity index (χ2n) is 5.46. The summed E-state index contributed by atoms with van der Waals surface area (Å²) in [6.45, 7) is 2.08. The van der Waals surface area contributed by atoms with Crippen molar-refractivity contribution in [2.45, 2.75) is 25.4 Å². The summed E-state index contributed by atoms with van der Waals surface area (Å²) in [6.07, 6.45) is 0.879. The number of phenols is 1. The van der Waals surface area contributed by atoms with Crippen molar-refractivity contribution in [1.29, 1.82) is 0 Å². The molecule has 0 aliphatic carbocycles. The molecule has 2 aromatic rings. The number of nitrogens with one attached hydrogen (secondary N) is 2. The van der Waals surface area contributed by atoms with E-state index in [4.69, 9.17) is 4.74 Å². The normalized spacial score (nSPS) is 21.4. The van der Waals surface area contributed by atoms with Gasteiger partial charge in [-0.3, -0.25) is 0 Å². The van der Waals surface area contributed by atoms with Crippen molar-refractivity contribution in [2.24, 2.45) is 0 Å². The molecule has 1 heterocycles. The second-order valence-corrected chi connectivity index (χ2v) is 5.46. The van der Waals surface area contributed by atoms with Crippen LogP contribution in [0.25, 0.3) is 0 Å². The SMILES string of the molecule is COc1ccc(O)c(C2CC(c3ccc(C)cc3)NN2)c1. The van der Waals surface area contributed by atoms with Gasteiger partial charge in [-0.05, 0) is 37.1 Å². The summed E-state index contributed by atoms with van der Waals surface area (Å²) in [4.78, 5) is 0. The van der Waals surface area contributed by atoms with Gasteiger partial charge in [-0.2, -0.15) is 0 Å². The Labute approximate surface area is 124 Å². The van der Waals surface area contributed by atoms with E-state index in [2.05, 4.69) is 42.0 Å². The molecule has 2 atom stereocenters. The molecule has 0 saturated carbocycles. The molecule has 1 aliphatic heterocycles. The first kappa shape index (κ1) is 13.9. The molecule has 3 N–H and O–H groups in total. The van der Waals surface area contributed by atoms with Gasteiger partial charge in [0.1, 0.15) is 11.5 Å². The highest BCUT2D eigenvalue weighted by atomic mass is 16.5. The number of hydrogen-bond acceptors (Lipinski definition) is 4. The fourth-order valence-corrected chi connectivity index (χ4v) is 2.72. The second kappa shape index (κ2) is 5.76. The van der Waals surface area contributed by atoms with Crippen LogP contribution in [0.4, 0.5) is 0 Å². The number of aryl methyl sites for hydroxylation is 1. The van der Waals surface area contributed by atoms with Crippen molar-refractivity contribution in [2.75, 3.05) is 7.11 Å². The van der Waals surface area contributed by atoms with Crippen LogP contribution < -0.4 is 15.6 Å². The Morgan fingerprint density at radius 3 is 2.48 bits per heavy atom. The van der Waals surface area contributed by atoms with Gasteiger partial charge in [0, 0.05) is 11.6 Å². The smallest absolute Gasteiger partial charge is 0.120 e. The highest BCUT2D eigenvalue weighted by molar-refractivity contribution is 5.42. The Balaban J connectivity index is 1.79. The van der Waals surface area contributed by atoms with Crippen LogP contribution >= 0.6 is 0 Å². The van der Waals surface area contributed by atoms with Gasteiger partial charge in [0.25, 0.3) is 0 Å². The zero-order chi connectivity index (χ0) is 14.8. The van der Waals surface area contributed by atoms with Gasteiger partial charge in [0.05, 0.1) is 13.2 Å². The van der Waals surface area contributed by atoms with Gasteiger partial charge in [-0.25, -0.2) is 10.9 Å². The summed E-state index contributed by atoms with van der Waals surface area (Å²) in [6, 6.07) is 14.1. The van der Waals surface area contributed by atoms with E-state index in [1.807, 2.05) is 6.07 Å². The summed E-state index contributed by atoms with van der Waals surface area (Å²) < 4.78 is 5.23. The molecule has 4 heteroatoms. The predicted octanol–water partition coefficient (Wildman–Crippen LogP) is 2.99.